The lowest BCUT2D eigenvalue weighted by atomic mass is 9.87. The van der Waals surface area contributed by atoms with E-state index in [0.29, 0.717) is 37.9 Å². The molecule has 1 aromatic heterocycles. The maximum atomic E-state index is 14.1. The minimum Gasteiger partial charge on any atom is -0.370 e. The molecule has 2 aromatic rings. The summed E-state index contributed by atoms with van der Waals surface area (Å²) in [6.07, 6.45) is 5.56. The number of hydrogen-bond donors (Lipinski definition) is 7. The summed E-state index contributed by atoms with van der Waals surface area (Å²) in [5.41, 5.74) is 18.1. The van der Waals surface area contributed by atoms with Crippen molar-refractivity contribution in [2.75, 3.05) is 13.1 Å². The van der Waals surface area contributed by atoms with Crippen molar-refractivity contribution in [3.63, 3.8) is 0 Å². The molecule has 15 heteroatoms. The van der Waals surface area contributed by atoms with Gasteiger partial charge in [-0.05, 0) is 56.6 Å². The zero-order chi connectivity index (χ0) is 40.9. The van der Waals surface area contributed by atoms with E-state index in [9.17, 15) is 28.8 Å². The van der Waals surface area contributed by atoms with Crippen molar-refractivity contribution in [3.05, 3.63) is 54.1 Å². The third kappa shape index (κ3) is 17.0. The molecule has 2 rings (SSSR count). The molecule has 0 aliphatic rings. The Balaban J connectivity index is 2.34. The summed E-state index contributed by atoms with van der Waals surface area (Å²) >= 11 is 0. The fourth-order valence-corrected chi connectivity index (χ4v) is 6.30. The first kappa shape index (κ1) is 46.2. The molecule has 3 amide bonds. The zero-order valence-corrected chi connectivity index (χ0v) is 33.1. The maximum absolute atomic E-state index is 14.1. The highest BCUT2D eigenvalue weighted by atomic mass is 16.2. The number of benzene rings is 1. The first-order valence-corrected chi connectivity index (χ1v) is 19.4. The number of carbonyl (C=O) groups is 6. The lowest BCUT2D eigenvalue weighted by Crippen LogP contribution is -2.50. The molecule has 55 heavy (non-hydrogen) atoms. The first-order valence-electron chi connectivity index (χ1n) is 19.4. The molecular weight excluding hydrogens is 702 g/mol. The number of Topliss-reactive ketones (excluding diaryl/α,β-unsaturated/α-hetero) is 3. The molecule has 0 spiro atoms. The SMILES string of the molecule is CCC(=O)N[C@@H](CCCCN)C(=O)C[C@@H](CCCN=C(N)N)C(=O)N[C@H](C(=O)C[C@@H](Cc1cnc[nH]1)C(=O)N[C@@H](Cc1ccccc1)C(=O)C(C)C)C(C)C. The van der Waals surface area contributed by atoms with Crippen molar-refractivity contribution < 1.29 is 28.8 Å². The van der Waals surface area contributed by atoms with Crippen molar-refractivity contribution >= 4 is 41.0 Å². The molecule has 1 aromatic carbocycles. The van der Waals surface area contributed by atoms with Gasteiger partial charge in [0.1, 0.15) is 0 Å². The van der Waals surface area contributed by atoms with Crippen LogP contribution in [0.4, 0.5) is 0 Å². The van der Waals surface area contributed by atoms with Gasteiger partial charge < -0.3 is 38.1 Å². The molecule has 0 aliphatic heterocycles. The van der Waals surface area contributed by atoms with Crippen LogP contribution in [0.2, 0.25) is 0 Å². The van der Waals surface area contributed by atoms with Crippen LogP contribution in [0, 0.1) is 23.7 Å². The lowest BCUT2D eigenvalue weighted by molar-refractivity contribution is -0.136. The van der Waals surface area contributed by atoms with Crippen LogP contribution in [0.15, 0.2) is 47.8 Å². The summed E-state index contributed by atoms with van der Waals surface area (Å²) < 4.78 is 0. The predicted octanol–water partition coefficient (Wildman–Crippen LogP) is 2.27. The molecular formula is C40H63N9O6. The van der Waals surface area contributed by atoms with Crippen LogP contribution in [-0.2, 0) is 41.6 Å². The van der Waals surface area contributed by atoms with Gasteiger partial charge in [-0.3, -0.25) is 33.8 Å². The van der Waals surface area contributed by atoms with Gasteiger partial charge in [0.15, 0.2) is 23.3 Å². The molecule has 15 nitrogen and oxygen atoms in total. The van der Waals surface area contributed by atoms with E-state index in [2.05, 4.69) is 30.9 Å². The van der Waals surface area contributed by atoms with Crippen LogP contribution in [-0.4, -0.2) is 82.2 Å². The van der Waals surface area contributed by atoms with Crippen LogP contribution in [0.5, 0.6) is 0 Å². The van der Waals surface area contributed by atoms with Crippen molar-refractivity contribution in [3.8, 4) is 0 Å². The molecule has 10 N–H and O–H groups in total. The molecule has 0 aliphatic carbocycles. The van der Waals surface area contributed by atoms with Crippen molar-refractivity contribution in [2.24, 2.45) is 45.9 Å². The number of aliphatic imine (C=N–C) groups is 1. The summed E-state index contributed by atoms with van der Waals surface area (Å²) in [6, 6.07) is 6.79. The quantitative estimate of drug-likeness (QED) is 0.0397. The Kier molecular flexibility index (Phi) is 20.6. The molecule has 0 saturated carbocycles. The largest absolute Gasteiger partial charge is 0.370 e. The van der Waals surface area contributed by atoms with Crippen LogP contribution < -0.4 is 33.2 Å². The Labute approximate surface area is 325 Å². The number of unbranched alkanes of at least 4 members (excludes halogenated alkanes) is 1. The van der Waals surface area contributed by atoms with Crippen LogP contribution >= 0.6 is 0 Å². The number of amides is 3. The van der Waals surface area contributed by atoms with E-state index in [1.807, 2.05) is 30.3 Å². The monoisotopic (exact) mass is 765 g/mol. The van der Waals surface area contributed by atoms with E-state index >= 15 is 0 Å². The standard InChI is InChI=1S/C40H63N9O6/c1-6-35(52)47-31(16-10-11-17-41)33(50)21-28(15-12-18-45-40(42)43)38(54)49-36(25(2)3)34(51)22-29(20-30-23-44-24-46-30)39(55)48-32(37(53)26(4)5)19-27-13-8-7-9-14-27/h7-9,13-14,23-26,28-29,31-32,36H,6,10-12,15-22,41H2,1-5H3,(H,44,46)(H,47,52)(H,48,55)(H,49,54)(H4,42,43,45)/t28-,29-,31+,32+,36+/m1/s1. The summed E-state index contributed by atoms with van der Waals surface area (Å²) in [7, 11) is 0. The number of aromatic amines is 1. The van der Waals surface area contributed by atoms with Gasteiger partial charge >= 0.3 is 0 Å². The van der Waals surface area contributed by atoms with Crippen LogP contribution in [0.25, 0.3) is 0 Å². The highest BCUT2D eigenvalue weighted by Crippen LogP contribution is 2.20. The Morgan fingerprint density at radius 2 is 1.47 bits per heavy atom. The molecule has 0 bridgehead atoms. The number of ketones is 3. The second-order valence-corrected chi connectivity index (χ2v) is 14.8. The first-order chi connectivity index (χ1) is 26.2. The van der Waals surface area contributed by atoms with Gasteiger partial charge in [-0.15, -0.1) is 0 Å². The Morgan fingerprint density at radius 3 is 2.05 bits per heavy atom. The van der Waals surface area contributed by atoms with E-state index in [1.54, 1.807) is 40.8 Å². The minimum atomic E-state index is -0.988. The number of aromatic nitrogens is 2. The average molecular weight is 766 g/mol. The van der Waals surface area contributed by atoms with E-state index in [-0.39, 0.29) is 86.1 Å². The fourth-order valence-electron chi connectivity index (χ4n) is 6.30. The number of carbonyl (C=O) groups excluding carboxylic acids is 6. The zero-order valence-electron chi connectivity index (χ0n) is 33.1. The maximum Gasteiger partial charge on any atom is 0.224 e. The Hall–Kier alpha value is -4.92. The number of nitrogens with two attached hydrogens (primary N) is 3. The number of hydrogen-bond acceptors (Lipinski definition) is 9. The number of nitrogens with zero attached hydrogens (tertiary/aromatic N) is 2. The average Bonchev–Trinajstić information content (AvgIpc) is 3.66. The van der Waals surface area contributed by atoms with Gasteiger partial charge in [0.25, 0.3) is 0 Å². The minimum absolute atomic E-state index is 0.0986. The van der Waals surface area contributed by atoms with Gasteiger partial charge in [0.2, 0.25) is 17.7 Å². The van der Waals surface area contributed by atoms with Gasteiger partial charge in [-0.2, -0.15) is 0 Å². The highest BCUT2D eigenvalue weighted by Gasteiger charge is 2.34. The van der Waals surface area contributed by atoms with Gasteiger partial charge in [0.05, 0.1) is 30.4 Å². The third-order valence-corrected chi connectivity index (χ3v) is 9.48. The molecule has 0 saturated heterocycles. The smallest absolute Gasteiger partial charge is 0.224 e. The van der Waals surface area contributed by atoms with Crippen molar-refractivity contribution in [1.82, 2.24) is 25.9 Å². The molecule has 304 valence electrons. The molecule has 0 radical (unpaired) electrons. The van der Waals surface area contributed by atoms with Crippen molar-refractivity contribution in [2.45, 2.75) is 117 Å². The second-order valence-electron chi connectivity index (χ2n) is 14.8. The number of H-pyrrole nitrogens is 1. The fraction of sp³-hybridized carbons (Fsp3) is 0.600. The van der Waals surface area contributed by atoms with E-state index in [0.717, 1.165) is 5.56 Å². The third-order valence-electron chi connectivity index (χ3n) is 9.48. The molecule has 5 atom stereocenters. The Morgan fingerprint density at radius 1 is 0.800 bits per heavy atom. The summed E-state index contributed by atoms with van der Waals surface area (Å²) in [5.74, 6) is -4.61. The van der Waals surface area contributed by atoms with E-state index in [1.165, 1.54) is 6.33 Å². The summed E-state index contributed by atoms with van der Waals surface area (Å²) in [6.45, 7) is 9.49. The van der Waals surface area contributed by atoms with E-state index < -0.39 is 41.8 Å². The summed E-state index contributed by atoms with van der Waals surface area (Å²) in [4.78, 5) is 92.4. The van der Waals surface area contributed by atoms with Crippen LogP contribution in [0.1, 0.15) is 97.2 Å². The van der Waals surface area contributed by atoms with Crippen LogP contribution in [0.3, 0.4) is 0 Å². The Bertz CT molecular complexity index is 1540. The van der Waals surface area contributed by atoms with Gasteiger partial charge in [-0.25, -0.2) is 4.98 Å². The number of rotatable bonds is 27. The lowest BCUT2D eigenvalue weighted by Gasteiger charge is -2.27. The number of guanidine groups is 1. The van der Waals surface area contributed by atoms with Crippen molar-refractivity contribution in [1.29, 1.82) is 0 Å². The summed E-state index contributed by atoms with van der Waals surface area (Å²) in [5, 5.41) is 8.60. The number of imidazole rings is 1. The molecule has 0 fully saturated rings. The molecule has 1 heterocycles. The topological polar surface area (TPSA) is 258 Å². The predicted molar refractivity (Wildman–Crippen MR) is 212 cm³/mol. The van der Waals surface area contributed by atoms with Gasteiger partial charge in [-0.1, -0.05) is 65.0 Å². The van der Waals surface area contributed by atoms with E-state index in [4.69, 9.17) is 17.2 Å². The molecule has 0 unspecified atom stereocenters. The normalized spacial score (nSPS) is 14.0. The number of nitrogens with one attached hydrogen (secondary N) is 4. The highest BCUT2D eigenvalue weighted by molar-refractivity contribution is 5.96. The second kappa shape index (κ2) is 24.5. The van der Waals surface area contributed by atoms with Gasteiger partial charge in [0, 0.05) is 56.0 Å².